The van der Waals surface area contributed by atoms with Crippen molar-refractivity contribution in [1.82, 2.24) is 0 Å². The van der Waals surface area contributed by atoms with Crippen molar-refractivity contribution in [2.75, 3.05) is 0 Å². The molecule has 0 amide bonds. The standard InChI is InChI=1S/C21H19FO7/c1-12(23)28-20-17(22)21(27,18(26)14-10-6-3-7-11-14)19(29-20)16(25)15(24)13-8-4-2-5-9-13/h2-11,16-17,19-20,25,27H,1H3/t16?,17-,19+,20-,21+/m0/s1. The van der Waals surface area contributed by atoms with E-state index in [0.717, 1.165) is 6.92 Å². The van der Waals surface area contributed by atoms with Crippen molar-refractivity contribution in [3.63, 3.8) is 0 Å². The van der Waals surface area contributed by atoms with Crippen LogP contribution in [0.2, 0.25) is 0 Å². The van der Waals surface area contributed by atoms with Gasteiger partial charge in [-0.3, -0.25) is 14.4 Å². The molecule has 7 nitrogen and oxygen atoms in total. The smallest absolute Gasteiger partial charge is 0.305 e. The number of rotatable bonds is 6. The number of Topliss-reactive ketones (excluding diaryl/α,β-unsaturated/α-hetero) is 2. The third kappa shape index (κ3) is 3.82. The quantitative estimate of drug-likeness (QED) is 0.556. The van der Waals surface area contributed by atoms with Crippen LogP contribution in [0.3, 0.4) is 0 Å². The lowest BCUT2D eigenvalue weighted by Crippen LogP contribution is -2.58. The number of aliphatic hydroxyl groups is 2. The summed E-state index contributed by atoms with van der Waals surface area (Å²) in [6, 6.07) is 14.9. The van der Waals surface area contributed by atoms with Crippen molar-refractivity contribution < 1.29 is 38.5 Å². The molecule has 1 saturated heterocycles. The van der Waals surface area contributed by atoms with Gasteiger partial charge in [0.1, 0.15) is 12.2 Å². The van der Waals surface area contributed by atoms with Gasteiger partial charge in [0.05, 0.1) is 0 Å². The van der Waals surface area contributed by atoms with Gasteiger partial charge in [-0.05, 0) is 0 Å². The van der Waals surface area contributed by atoms with Gasteiger partial charge >= 0.3 is 5.97 Å². The van der Waals surface area contributed by atoms with Crippen LogP contribution in [0.5, 0.6) is 0 Å². The number of esters is 1. The molecule has 0 saturated carbocycles. The Morgan fingerprint density at radius 1 is 1.03 bits per heavy atom. The normalized spacial score (nSPS) is 27.2. The van der Waals surface area contributed by atoms with E-state index in [1.807, 2.05) is 0 Å². The Hall–Kier alpha value is -2.94. The Balaban J connectivity index is 2.00. The largest absolute Gasteiger partial charge is 0.433 e. The number of alkyl halides is 1. The molecule has 0 radical (unpaired) electrons. The molecule has 1 aliphatic rings. The molecule has 1 heterocycles. The van der Waals surface area contributed by atoms with Crippen LogP contribution in [-0.2, 0) is 14.3 Å². The molecule has 3 rings (SSSR count). The van der Waals surface area contributed by atoms with E-state index in [9.17, 15) is 24.6 Å². The topological polar surface area (TPSA) is 110 Å². The summed E-state index contributed by atoms with van der Waals surface area (Å²) in [4.78, 5) is 36.8. The summed E-state index contributed by atoms with van der Waals surface area (Å²) in [5, 5.41) is 21.6. The Bertz CT molecular complexity index is 902. The molecule has 152 valence electrons. The van der Waals surface area contributed by atoms with E-state index < -0.39 is 47.8 Å². The van der Waals surface area contributed by atoms with Gasteiger partial charge in [0.15, 0.2) is 17.2 Å². The van der Waals surface area contributed by atoms with Crippen LogP contribution < -0.4 is 0 Å². The summed E-state index contributed by atoms with van der Waals surface area (Å²) >= 11 is 0. The number of hydrogen-bond donors (Lipinski definition) is 2. The SMILES string of the molecule is CC(=O)O[C@H]1O[C@H](C(O)C(=O)c2ccccc2)[C@](O)(C(=O)c2ccccc2)[C@H]1F. The van der Waals surface area contributed by atoms with Crippen LogP contribution in [0.4, 0.5) is 4.39 Å². The second kappa shape index (κ2) is 8.20. The fourth-order valence-electron chi connectivity index (χ4n) is 3.23. The van der Waals surface area contributed by atoms with E-state index in [1.54, 1.807) is 24.3 Å². The third-order valence-electron chi connectivity index (χ3n) is 4.67. The zero-order chi connectivity index (χ0) is 21.2. The summed E-state index contributed by atoms with van der Waals surface area (Å²) in [5.74, 6) is -2.91. The molecule has 0 aliphatic carbocycles. The van der Waals surface area contributed by atoms with Crippen LogP contribution in [0.1, 0.15) is 27.6 Å². The van der Waals surface area contributed by atoms with E-state index >= 15 is 4.39 Å². The third-order valence-corrected chi connectivity index (χ3v) is 4.67. The molecule has 29 heavy (non-hydrogen) atoms. The van der Waals surface area contributed by atoms with Crippen molar-refractivity contribution in [1.29, 1.82) is 0 Å². The van der Waals surface area contributed by atoms with Gasteiger partial charge in [-0.2, -0.15) is 0 Å². The monoisotopic (exact) mass is 402 g/mol. The minimum atomic E-state index is -2.95. The number of carbonyl (C=O) groups is 3. The Morgan fingerprint density at radius 3 is 2.07 bits per heavy atom. The van der Waals surface area contributed by atoms with Crippen LogP contribution in [0.15, 0.2) is 60.7 Å². The first-order valence-corrected chi connectivity index (χ1v) is 8.83. The zero-order valence-electron chi connectivity index (χ0n) is 15.4. The minimum absolute atomic E-state index is 0.0610. The van der Waals surface area contributed by atoms with Crippen LogP contribution in [0, 0.1) is 0 Å². The maximum atomic E-state index is 15.1. The van der Waals surface area contributed by atoms with Crippen molar-refractivity contribution in [3.8, 4) is 0 Å². The molecule has 1 fully saturated rings. The lowest BCUT2D eigenvalue weighted by molar-refractivity contribution is -0.184. The molecule has 2 aromatic rings. The lowest BCUT2D eigenvalue weighted by atomic mass is 9.81. The molecule has 0 aromatic heterocycles. The number of hydrogen-bond acceptors (Lipinski definition) is 7. The molecule has 2 aromatic carbocycles. The second-order valence-electron chi connectivity index (χ2n) is 6.63. The zero-order valence-corrected chi connectivity index (χ0v) is 15.4. The van der Waals surface area contributed by atoms with Gasteiger partial charge in [-0.1, -0.05) is 60.7 Å². The molecule has 5 atom stereocenters. The lowest BCUT2D eigenvalue weighted by Gasteiger charge is -2.30. The van der Waals surface area contributed by atoms with Gasteiger partial charge in [0.25, 0.3) is 0 Å². The van der Waals surface area contributed by atoms with Crippen molar-refractivity contribution in [2.45, 2.75) is 37.2 Å². The first kappa shape index (κ1) is 20.8. The molecule has 1 unspecified atom stereocenters. The van der Waals surface area contributed by atoms with Crippen molar-refractivity contribution in [3.05, 3.63) is 71.8 Å². The van der Waals surface area contributed by atoms with Gasteiger partial charge in [-0.15, -0.1) is 0 Å². The Kier molecular flexibility index (Phi) is 5.88. The Labute approximate surface area is 165 Å². The number of benzene rings is 2. The Morgan fingerprint density at radius 2 is 1.55 bits per heavy atom. The molecular weight excluding hydrogens is 383 g/mol. The molecule has 8 heteroatoms. The molecule has 0 bridgehead atoms. The average molecular weight is 402 g/mol. The minimum Gasteiger partial charge on any atom is -0.433 e. The number of halogens is 1. The predicted octanol–water partition coefficient (Wildman–Crippen LogP) is 1.47. The van der Waals surface area contributed by atoms with Gasteiger partial charge in [0, 0.05) is 18.1 Å². The summed E-state index contributed by atoms with van der Waals surface area (Å²) in [6.07, 6.45) is -8.58. The number of aliphatic hydroxyl groups excluding tert-OH is 1. The van der Waals surface area contributed by atoms with Crippen LogP contribution in [-0.4, -0.2) is 58.0 Å². The van der Waals surface area contributed by atoms with E-state index in [1.165, 1.54) is 36.4 Å². The van der Waals surface area contributed by atoms with Gasteiger partial charge in [-0.25, -0.2) is 4.39 Å². The highest BCUT2D eigenvalue weighted by atomic mass is 19.1. The first-order valence-electron chi connectivity index (χ1n) is 8.83. The van der Waals surface area contributed by atoms with Gasteiger partial charge in [0.2, 0.25) is 12.5 Å². The molecule has 0 spiro atoms. The van der Waals surface area contributed by atoms with E-state index in [-0.39, 0.29) is 11.1 Å². The maximum absolute atomic E-state index is 15.1. The predicted molar refractivity (Wildman–Crippen MR) is 97.8 cm³/mol. The van der Waals surface area contributed by atoms with Gasteiger partial charge < -0.3 is 19.7 Å². The fourth-order valence-corrected chi connectivity index (χ4v) is 3.23. The summed E-state index contributed by atoms with van der Waals surface area (Å²) in [7, 11) is 0. The highest BCUT2D eigenvalue weighted by Gasteiger charge is 2.65. The summed E-state index contributed by atoms with van der Waals surface area (Å²) < 4.78 is 25.0. The summed E-state index contributed by atoms with van der Waals surface area (Å²) in [5.41, 5.74) is -2.94. The molecule has 1 aliphatic heterocycles. The van der Waals surface area contributed by atoms with Crippen molar-refractivity contribution in [2.24, 2.45) is 0 Å². The molecular formula is C21H19FO7. The highest BCUT2D eigenvalue weighted by molar-refractivity contribution is 6.05. The summed E-state index contributed by atoms with van der Waals surface area (Å²) in [6.45, 7) is 0.993. The highest BCUT2D eigenvalue weighted by Crippen LogP contribution is 2.39. The number of ether oxygens (including phenoxy) is 2. The number of carbonyl (C=O) groups excluding carboxylic acids is 3. The van der Waals surface area contributed by atoms with E-state index in [0.29, 0.717) is 0 Å². The number of ketones is 2. The van der Waals surface area contributed by atoms with E-state index in [4.69, 9.17) is 9.47 Å². The average Bonchev–Trinajstić information content (AvgIpc) is 2.99. The second-order valence-corrected chi connectivity index (χ2v) is 6.63. The van der Waals surface area contributed by atoms with E-state index in [2.05, 4.69) is 0 Å². The van der Waals surface area contributed by atoms with Crippen molar-refractivity contribution >= 4 is 17.5 Å². The van der Waals surface area contributed by atoms with Crippen LogP contribution >= 0.6 is 0 Å². The van der Waals surface area contributed by atoms with Crippen LogP contribution in [0.25, 0.3) is 0 Å². The fraction of sp³-hybridized carbons (Fsp3) is 0.286. The first-order chi connectivity index (χ1) is 13.8. The molecule has 2 N–H and O–H groups in total. The maximum Gasteiger partial charge on any atom is 0.305 e.